The Kier molecular flexibility index (Phi) is 3.69. The number of carboxylic acids is 1. The van der Waals surface area contributed by atoms with Gasteiger partial charge in [0.25, 0.3) is 0 Å². The molecule has 3 aromatic rings. The number of carboxylic acid groups (broad SMARTS) is 1. The van der Waals surface area contributed by atoms with Gasteiger partial charge in [-0.1, -0.05) is 36.4 Å². The van der Waals surface area contributed by atoms with Gasteiger partial charge in [-0.15, -0.1) is 0 Å². The smallest absolute Gasteiger partial charge is 0.339 e. The van der Waals surface area contributed by atoms with E-state index in [2.05, 4.69) is 17.1 Å². The fraction of sp³-hybridized carbons (Fsp3) is 0.176. The standard InChI is InChI=1S/C17H15NO3/c19-17(20)13-9-5-10-14-16(13)21-15(18-14)11-4-8-12-6-2-1-3-7-12/h1-3,5-7,9-10H,4,8,11H2,(H,19,20). The molecular weight excluding hydrogens is 266 g/mol. The van der Waals surface area contributed by atoms with E-state index in [-0.39, 0.29) is 5.56 Å². The maximum atomic E-state index is 11.1. The SMILES string of the molecule is O=C(O)c1cccc2nc(CCCc3ccccc3)oc12. The monoisotopic (exact) mass is 281 g/mol. The van der Waals surface area contributed by atoms with E-state index in [1.165, 1.54) is 11.6 Å². The Hall–Kier alpha value is -2.62. The molecule has 0 spiro atoms. The number of para-hydroxylation sites is 1. The van der Waals surface area contributed by atoms with Gasteiger partial charge in [0.2, 0.25) is 0 Å². The maximum absolute atomic E-state index is 11.1. The van der Waals surface area contributed by atoms with Crippen LogP contribution < -0.4 is 0 Å². The topological polar surface area (TPSA) is 63.3 Å². The van der Waals surface area contributed by atoms with Gasteiger partial charge in [0.05, 0.1) is 0 Å². The van der Waals surface area contributed by atoms with Crippen LogP contribution in [0, 0.1) is 0 Å². The second-order valence-corrected chi connectivity index (χ2v) is 4.91. The third-order valence-corrected chi connectivity index (χ3v) is 3.39. The molecule has 1 aromatic heterocycles. The molecule has 3 rings (SSSR count). The molecule has 0 amide bonds. The van der Waals surface area contributed by atoms with Crippen molar-refractivity contribution in [2.24, 2.45) is 0 Å². The molecule has 0 aliphatic rings. The van der Waals surface area contributed by atoms with Gasteiger partial charge in [-0.25, -0.2) is 9.78 Å². The van der Waals surface area contributed by atoms with Gasteiger partial charge >= 0.3 is 5.97 Å². The first kappa shape index (κ1) is 13.4. The molecule has 0 fully saturated rings. The highest BCUT2D eigenvalue weighted by Gasteiger charge is 2.14. The highest BCUT2D eigenvalue weighted by Crippen LogP contribution is 2.21. The van der Waals surface area contributed by atoms with Gasteiger partial charge in [-0.3, -0.25) is 0 Å². The molecule has 0 saturated carbocycles. The molecule has 0 radical (unpaired) electrons. The van der Waals surface area contributed by atoms with Crippen LogP contribution in [0.25, 0.3) is 11.1 Å². The molecule has 1 N–H and O–H groups in total. The fourth-order valence-corrected chi connectivity index (χ4v) is 2.36. The number of hydrogen-bond donors (Lipinski definition) is 1. The molecule has 2 aromatic carbocycles. The van der Waals surface area contributed by atoms with Crippen molar-refractivity contribution in [2.45, 2.75) is 19.3 Å². The van der Waals surface area contributed by atoms with Crippen molar-refractivity contribution in [1.82, 2.24) is 4.98 Å². The van der Waals surface area contributed by atoms with E-state index in [0.29, 0.717) is 23.4 Å². The Labute approximate surface area is 122 Å². The van der Waals surface area contributed by atoms with Crippen LogP contribution in [0.2, 0.25) is 0 Å². The van der Waals surface area contributed by atoms with Crippen LogP contribution in [-0.4, -0.2) is 16.1 Å². The zero-order valence-corrected chi connectivity index (χ0v) is 11.5. The minimum absolute atomic E-state index is 0.161. The van der Waals surface area contributed by atoms with E-state index in [9.17, 15) is 4.79 Å². The van der Waals surface area contributed by atoms with Crippen LogP contribution in [0.1, 0.15) is 28.2 Å². The minimum Gasteiger partial charge on any atom is -0.478 e. The fourth-order valence-electron chi connectivity index (χ4n) is 2.36. The molecule has 0 unspecified atom stereocenters. The van der Waals surface area contributed by atoms with E-state index in [1.54, 1.807) is 12.1 Å². The number of aromatic nitrogens is 1. The lowest BCUT2D eigenvalue weighted by Gasteiger charge is -1.98. The average molecular weight is 281 g/mol. The molecular formula is C17H15NO3. The normalized spacial score (nSPS) is 10.9. The number of fused-ring (bicyclic) bond motifs is 1. The second-order valence-electron chi connectivity index (χ2n) is 4.91. The first-order valence-corrected chi connectivity index (χ1v) is 6.90. The Balaban J connectivity index is 1.73. The number of aromatic carboxylic acids is 1. The van der Waals surface area contributed by atoms with Crippen LogP contribution in [-0.2, 0) is 12.8 Å². The van der Waals surface area contributed by atoms with Gasteiger partial charge in [0.15, 0.2) is 11.5 Å². The molecule has 4 nitrogen and oxygen atoms in total. The first-order valence-electron chi connectivity index (χ1n) is 6.90. The predicted molar refractivity (Wildman–Crippen MR) is 79.4 cm³/mol. The molecule has 0 atom stereocenters. The van der Waals surface area contributed by atoms with Crippen LogP contribution in [0.3, 0.4) is 0 Å². The molecule has 1 heterocycles. The van der Waals surface area contributed by atoms with E-state index < -0.39 is 5.97 Å². The largest absolute Gasteiger partial charge is 0.478 e. The third-order valence-electron chi connectivity index (χ3n) is 3.39. The van der Waals surface area contributed by atoms with Crippen molar-refractivity contribution in [3.05, 3.63) is 65.5 Å². The van der Waals surface area contributed by atoms with Gasteiger partial charge in [-0.05, 0) is 30.5 Å². The quantitative estimate of drug-likeness (QED) is 0.774. The van der Waals surface area contributed by atoms with Crippen molar-refractivity contribution < 1.29 is 14.3 Å². The summed E-state index contributed by atoms with van der Waals surface area (Å²) in [6, 6.07) is 15.2. The van der Waals surface area contributed by atoms with Gasteiger partial charge in [-0.2, -0.15) is 0 Å². The van der Waals surface area contributed by atoms with E-state index in [1.807, 2.05) is 18.2 Å². The van der Waals surface area contributed by atoms with Crippen LogP contribution in [0.4, 0.5) is 0 Å². The summed E-state index contributed by atoms with van der Waals surface area (Å²) in [5.74, 6) is -0.401. The third kappa shape index (κ3) is 2.94. The van der Waals surface area contributed by atoms with Crippen molar-refractivity contribution in [3.8, 4) is 0 Å². The van der Waals surface area contributed by atoms with Crippen LogP contribution in [0.15, 0.2) is 52.9 Å². The summed E-state index contributed by atoms with van der Waals surface area (Å²) in [6.07, 6.45) is 2.56. The number of benzene rings is 2. The van der Waals surface area contributed by atoms with E-state index in [4.69, 9.17) is 9.52 Å². The predicted octanol–water partition coefficient (Wildman–Crippen LogP) is 3.70. The van der Waals surface area contributed by atoms with Gasteiger partial charge in [0.1, 0.15) is 11.1 Å². The molecule has 21 heavy (non-hydrogen) atoms. The Morgan fingerprint density at radius 3 is 2.62 bits per heavy atom. The zero-order valence-electron chi connectivity index (χ0n) is 11.5. The molecule has 4 heteroatoms. The summed E-state index contributed by atoms with van der Waals surface area (Å²) >= 11 is 0. The summed E-state index contributed by atoms with van der Waals surface area (Å²) in [5.41, 5.74) is 2.40. The van der Waals surface area contributed by atoms with Crippen molar-refractivity contribution in [2.75, 3.05) is 0 Å². The molecule has 0 aliphatic heterocycles. The first-order chi connectivity index (χ1) is 10.2. The lowest BCUT2D eigenvalue weighted by atomic mass is 10.1. The van der Waals surface area contributed by atoms with Crippen molar-refractivity contribution >= 4 is 17.1 Å². The number of aryl methyl sites for hydroxylation is 2. The molecule has 106 valence electrons. The highest BCUT2D eigenvalue weighted by atomic mass is 16.4. The molecule has 0 bridgehead atoms. The Morgan fingerprint density at radius 1 is 1.05 bits per heavy atom. The minimum atomic E-state index is -0.993. The van der Waals surface area contributed by atoms with Crippen molar-refractivity contribution in [1.29, 1.82) is 0 Å². The number of oxazole rings is 1. The van der Waals surface area contributed by atoms with Crippen LogP contribution >= 0.6 is 0 Å². The summed E-state index contributed by atoms with van der Waals surface area (Å²) in [7, 11) is 0. The van der Waals surface area contributed by atoms with Crippen LogP contribution in [0.5, 0.6) is 0 Å². The lowest BCUT2D eigenvalue weighted by molar-refractivity contribution is 0.0698. The molecule has 0 saturated heterocycles. The average Bonchev–Trinajstić information content (AvgIpc) is 2.90. The van der Waals surface area contributed by atoms with E-state index >= 15 is 0 Å². The summed E-state index contributed by atoms with van der Waals surface area (Å²) < 4.78 is 5.61. The maximum Gasteiger partial charge on any atom is 0.339 e. The Bertz CT molecular complexity index is 762. The lowest BCUT2D eigenvalue weighted by Crippen LogP contribution is -1.95. The number of nitrogens with zero attached hydrogens (tertiary/aromatic N) is 1. The van der Waals surface area contributed by atoms with Gasteiger partial charge in [0, 0.05) is 6.42 Å². The van der Waals surface area contributed by atoms with Gasteiger partial charge < -0.3 is 9.52 Å². The number of carbonyl (C=O) groups is 1. The van der Waals surface area contributed by atoms with E-state index in [0.717, 1.165) is 12.8 Å². The summed E-state index contributed by atoms with van der Waals surface area (Å²) in [6.45, 7) is 0. The second kappa shape index (κ2) is 5.79. The summed E-state index contributed by atoms with van der Waals surface area (Å²) in [5, 5.41) is 9.13. The Morgan fingerprint density at radius 2 is 1.86 bits per heavy atom. The zero-order chi connectivity index (χ0) is 14.7. The number of hydrogen-bond acceptors (Lipinski definition) is 3. The molecule has 0 aliphatic carbocycles. The number of rotatable bonds is 5. The highest BCUT2D eigenvalue weighted by molar-refractivity contribution is 5.99. The van der Waals surface area contributed by atoms with Crippen molar-refractivity contribution in [3.63, 3.8) is 0 Å². The summed E-state index contributed by atoms with van der Waals surface area (Å²) in [4.78, 5) is 15.5.